The van der Waals surface area contributed by atoms with Crippen molar-refractivity contribution in [3.8, 4) is 0 Å². The van der Waals surface area contributed by atoms with Crippen molar-refractivity contribution in [2.24, 2.45) is 0 Å². The maximum absolute atomic E-state index is 12.4. The number of nitrogens with zero attached hydrogens (tertiary/aromatic N) is 2. The molecule has 3 amide bonds. The summed E-state index contributed by atoms with van der Waals surface area (Å²) in [4.78, 5) is 28.1. The number of carbonyl (C=O) groups excluding carboxylic acids is 2. The Bertz CT molecular complexity index is 615. The summed E-state index contributed by atoms with van der Waals surface area (Å²) in [6, 6.07) is 7.41. The fourth-order valence-corrected chi connectivity index (χ4v) is 3.01. The minimum Gasteiger partial charge on any atom is -0.444 e. The average Bonchev–Trinajstić information content (AvgIpc) is 2.47. The van der Waals surface area contributed by atoms with Gasteiger partial charge >= 0.3 is 12.1 Å². The van der Waals surface area contributed by atoms with Gasteiger partial charge in [0.2, 0.25) is 0 Å². The van der Waals surface area contributed by atoms with E-state index in [1.165, 1.54) is 0 Å². The number of para-hydroxylation sites is 1. The molecule has 2 rings (SSSR count). The van der Waals surface area contributed by atoms with Crippen LogP contribution < -0.4 is 5.32 Å². The molecule has 1 fully saturated rings. The van der Waals surface area contributed by atoms with Crippen LogP contribution in [0.3, 0.4) is 0 Å². The van der Waals surface area contributed by atoms with Crippen molar-refractivity contribution in [1.29, 1.82) is 0 Å². The molecule has 0 aromatic heterocycles. The van der Waals surface area contributed by atoms with Crippen molar-refractivity contribution >= 4 is 40.4 Å². The van der Waals surface area contributed by atoms with Gasteiger partial charge in [-0.25, -0.2) is 9.59 Å². The summed E-state index contributed by atoms with van der Waals surface area (Å²) in [7, 11) is 0. The minimum absolute atomic E-state index is 0.0887. The number of ether oxygens (including phenoxy) is 1. The summed E-state index contributed by atoms with van der Waals surface area (Å²) in [6.45, 7) is 8.90. The molecular weight excluding hydrogens is 421 g/mol. The molecule has 6 nitrogen and oxygen atoms in total. The summed E-state index contributed by atoms with van der Waals surface area (Å²) in [6.07, 6.45) is -0.326. The molecule has 1 aromatic carbocycles. The van der Waals surface area contributed by atoms with Gasteiger partial charge in [0, 0.05) is 29.2 Å². The number of halogens is 1. The van der Waals surface area contributed by atoms with Gasteiger partial charge < -0.3 is 19.9 Å². The number of urea groups is 1. The third-order valence-electron chi connectivity index (χ3n) is 3.66. The Hall–Kier alpha value is -1.51. The molecule has 0 aliphatic carbocycles. The smallest absolute Gasteiger partial charge is 0.410 e. The van der Waals surface area contributed by atoms with E-state index in [9.17, 15) is 9.59 Å². The molecule has 7 heteroatoms. The number of hydrogen-bond acceptors (Lipinski definition) is 3. The summed E-state index contributed by atoms with van der Waals surface area (Å²) in [5, 5.41) is 2.93. The lowest BCUT2D eigenvalue weighted by Crippen LogP contribution is -2.57. The highest BCUT2D eigenvalue weighted by molar-refractivity contribution is 14.1. The van der Waals surface area contributed by atoms with E-state index in [1.807, 2.05) is 52.0 Å². The highest BCUT2D eigenvalue weighted by Crippen LogP contribution is 2.19. The van der Waals surface area contributed by atoms with Crippen LogP contribution in [-0.4, -0.2) is 53.2 Å². The quantitative estimate of drug-likeness (QED) is 0.670. The number of hydrogen-bond donors (Lipinski definition) is 1. The average molecular weight is 445 g/mol. The van der Waals surface area contributed by atoms with Crippen molar-refractivity contribution in [2.45, 2.75) is 39.3 Å². The number of rotatable bonds is 1. The van der Waals surface area contributed by atoms with E-state index >= 15 is 0 Å². The van der Waals surface area contributed by atoms with Crippen LogP contribution in [-0.2, 0) is 4.74 Å². The number of carbonyl (C=O) groups is 2. The van der Waals surface area contributed by atoms with Gasteiger partial charge in [0.15, 0.2) is 0 Å². The van der Waals surface area contributed by atoms with E-state index < -0.39 is 5.60 Å². The molecule has 0 bridgehead atoms. The highest BCUT2D eigenvalue weighted by atomic mass is 127. The van der Waals surface area contributed by atoms with Crippen LogP contribution in [0.1, 0.15) is 27.7 Å². The van der Waals surface area contributed by atoms with Gasteiger partial charge in [-0.1, -0.05) is 12.1 Å². The molecule has 0 radical (unpaired) electrons. The number of amides is 3. The first-order valence-corrected chi connectivity index (χ1v) is 9.05. The first-order chi connectivity index (χ1) is 11.2. The first kappa shape index (κ1) is 18.8. The molecular formula is C17H24IN3O3. The molecule has 1 saturated heterocycles. The molecule has 1 heterocycles. The van der Waals surface area contributed by atoms with Crippen LogP contribution in [0.2, 0.25) is 0 Å². The van der Waals surface area contributed by atoms with Crippen LogP contribution in [0.5, 0.6) is 0 Å². The lowest BCUT2D eigenvalue weighted by atomic mass is 10.2. The lowest BCUT2D eigenvalue weighted by molar-refractivity contribution is 0.00589. The standard InChI is InChI=1S/C17H24IN3O3/c1-12-11-20(9-10-21(12)16(23)24-17(2,3)4)15(22)19-14-8-6-5-7-13(14)18/h5-8,12H,9-11H2,1-4H3,(H,19,22)/t12-/m1/s1. The van der Waals surface area contributed by atoms with Crippen LogP contribution in [0.15, 0.2) is 24.3 Å². The molecule has 1 aromatic rings. The SMILES string of the molecule is C[C@@H]1CN(C(=O)Nc2ccccc2I)CCN1C(=O)OC(C)(C)C. The van der Waals surface area contributed by atoms with Crippen LogP contribution in [0.25, 0.3) is 0 Å². The molecule has 0 saturated carbocycles. The lowest BCUT2D eigenvalue weighted by Gasteiger charge is -2.40. The highest BCUT2D eigenvalue weighted by Gasteiger charge is 2.32. The van der Waals surface area contributed by atoms with Gasteiger partial charge in [0.25, 0.3) is 0 Å². The fourth-order valence-electron chi connectivity index (χ4n) is 2.49. The van der Waals surface area contributed by atoms with E-state index in [0.29, 0.717) is 19.6 Å². The largest absolute Gasteiger partial charge is 0.444 e. The zero-order valence-electron chi connectivity index (χ0n) is 14.5. The Morgan fingerprint density at radius 2 is 1.92 bits per heavy atom. The number of nitrogens with one attached hydrogen (secondary N) is 1. The topological polar surface area (TPSA) is 61.9 Å². The van der Waals surface area contributed by atoms with E-state index in [4.69, 9.17) is 4.74 Å². The molecule has 132 valence electrons. The number of piperazine rings is 1. The monoisotopic (exact) mass is 445 g/mol. The van der Waals surface area contributed by atoms with Crippen molar-refractivity contribution in [3.63, 3.8) is 0 Å². The number of anilines is 1. The molecule has 1 atom stereocenters. The van der Waals surface area contributed by atoms with E-state index in [2.05, 4.69) is 27.9 Å². The van der Waals surface area contributed by atoms with Crippen molar-refractivity contribution in [1.82, 2.24) is 9.80 Å². The molecule has 0 unspecified atom stereocenters. The maximum Gasteiger partial charge on any atom is 0.410 e. The normalized spacial score (nSPS) is 18.3. The van der Waals surface area contributed by atoms with Crippen molar-refractivity contribution < 1.29 is 14.3 Å². The summed E-state index contributed by atoms with van der Waals surface area (Å²) >= 11 is 2.19. The van der Waals surface area contributed by atoms with E-state index in [0.717, 1.165) is 9.26 Å². The zero-order chi connectivity index (χ0) is 17.9. The van der Waals surface area contributed by atoms with Crippen LogP contribution in [0, 0.1) is 3.57 Å². The Morgan fingerprint density at radius 1 is 1.25 bits per heavy atom. The van der Waals surface area contributed by atoms with Gasteiger partial charge in [-0.05, 0) is 62.4 Å². The molecule has 0 spiro atoms. The third kappa shape index (κ3) is 4.99. The van der Waals surface area contributed by atoms with Gasteiger partial charge in [-0.15, -0.1) is 0 Å². The summed E-state index contributed by atoms with van der Waals surface area (Å²) in [5.41, 5.74) is 0.278. The fraction of sp³-hybridized carbons (Fsp3) is 0.529. The van der Waals surface area contributed by atoms with Crippen LogP contribution in [0.4, 0.5) is 15.3 Å². The maximum atomic E-state index is 12.4. The van der Waals surface area contributed by atoms with Gasteiger partial charge in [-0.3, -0.25) is 0 Å². The Labute approximate surface area is 156 Å². The summed E-state index contributed by atoms with van der Waals surface area (Å²) in [5.74, 6) is 0. The van der Waals surface area contributed by atoms with E-state index in [1.54, 1.807) is 9.80 Å². The molecule has 1 aliphatic heterocycles. The number of benzene rings is 1. The third-order valence-corrected chi connectivity index (χ3v) is 4.60. The van der Waals surface area contributed by atoms with Gasteiger partial charge in [0.1, 0.15) is 5.60 Å². The molecule has 1 aliphatic rings. The summed E-state index contributed by atoms with van der Waals surface area (Å²) < 4.78 is 6.41. The second-order valence-corrected chi connectivity index (χ2v) is 8.04. The van der Waals surface area contributed by atoms with Crippen molar-refractivity contribution in [3.05, 3.63) is 27.8 Å². The van der Waals surface area contributed by atoms with Gasteiger partial charge in [-0.2, -0.15) is 0 Å². The Morgan fingerprint density at radius 3 is 2.50 bits per heavy atom. The Balaban J connectivity index is 1.94. The molecule has 24 heavy (non-hydrogen) atoms. The second-order valence-electron chi connectivity index (χ2n) is 6.88. The minimum atomic E-state index is -0.519. The van der Waals surface area contributed by atoms with Gasteiger partial charge in [0.05, 0.1) is 5.69 Å². The van der Waals surface area contributed by atoms with Crippen LogP contribution >= 0.6 is 22.6 Å². The second kappa shape index (κ2) is 7.58. The Kier molecular flexibility index (Phi) is 5.95. The predicted octanol–water partition coefficient (Wildman–Crippen LogP) is 3.76. The first-order valence-electron chi connectivity index (χ1n) is 7.97. The van der Waals surface area contributed by atoms with E-state index in [-0.39, 0.29) is 18.2 Å². The zero-order valence-corrected chi connectivity index (χ0v) is 16.7. The predicted molar refractivity (Wildman–Crippen MR) is 102 cm³/mol. The molecule has 1 N–H and O–H groups in total. The van der Waals surface area contributed by atoms with Crippen molar-refractivity contribution in [2.75, 3.05) is 25.0 Å².